The van der Waals surface area contributed by atoms with Crippen molar-refractivity contribution in [3.05, 3.63) is 29.8 Å². The molecule has 6 heteroatoms. The fourth-order valence-corrected chi connectivity index (χ4v) is 1.31. The van der Waals surface area contributed by atoms with Gasteiger partial charge >= 0.3 is 6.03 Å². The van der Waals surface area contributed by atoms with Gasteiger partial charge in [0.05, 0.1) is 11.6 Å². The van der Waals surface area contributed by atoms with Gasteiger partial charge in [-0.15, -0.1) is 0 Å². The summed E-state index contributed by atoms with van der Waals surface area (Å²) in [7, 11) is 0. The second-order valence-electron chi connectivity index (χ2n) is 3.75. The highest BCUT2D eigenvalue weighted by molar-refractivity contribution is 5.96. The van der Waals surface area contributed by atoms with Gasteiger partial charge in [-0.25, -0.2) is 4.79 Å². The normalized spacial score (nSPS) is 11.0. The molecule has 1 aromatic rings. The lowest BCUT2D eigenvalue weighted by molar-refractivity contribution is -0.126. The minimum Gasteiger partial charge on any atom is -0.481 e. The summed E-state index contributed by atoms with van der Waals surface area (Å²) in [6, 6.07) is 7.86. The monoisotopic (exact) mass is 261 g/mol. The van der Waals surface area contributed by atoms with E-state index < -0.39 is 18.0 Å². The van der Waals surface area contributed by atoms with E-state index in [4.69, 9.17) is 10.00 Å². The van der Waals surface area contributed by atoms with Gasteiger partial charge in [-0.2, -0.15) is 5.26 Å². The van der Waals surface area contributed by atoms with Crippen LogP contribution in [-0.2, 0) is 4.79 Å². The lowest BCUT2D eigenvalue weighted by Gasteiger charge is -2.14. The van der Waals surface area contributed by atoms with Crippen molar-refractivity contribution < 1.29 is 14.3 Å². The molecule has 1 aromatic carbocycles. The Kier molecular flexibility index (Phi) is 5.35. The zero-order chi connectivity index (χ0) is 14.3. The maximum atomic E-state index is 11.6. The molecule has 0 aliphatic rings. The summed E-state index contributed by atoms with van der Waals surface area (Å²) in [6.45, 7) is 3.70. The molecule has 0 aromatic heterocycles. The third kappa shape index (κ3) is 4.68. The first-order valence-electron chi connectivity index (χ1n) is 5.82. The average molecular weight is 261 g/mol. The van der Waals surface area contributed by atoms with Gasteiger partial charge in [-0.1, -0.05) is 6.07 Å². The van der Waals surface area contributed by atoms with Crippen molar-refractivity contribution in [2.75, 3.05) is 6.54 Å². The van der Waals surface area contributed by atoms with Crippen molar-refractivity contribution in [3.63, 3.8) is 0 Å². The molecule has 3 amide bonds. The summed E-state index contributed by atoms with van der Waals surface area (Å²) in [6.07, 6.45) is -0.837. The van der Waals surface area contributed by atoms with E-state index in [0.29, 0.717) is 17.9 Å². The van der Waals surface area contributed by atoms with Gasteiger partial charge in [0.1, 0.15) is 5.75 Å². The number of amides is 3. The quantitative estimate of drug-likeness (QED) is 0.851. The van der Waals surface area contributed by atoms with Crippen LogP contribution in [0, 0.1) is 11.3 Å². The molecule has 6 nitrogen and oxygen atoms in total. The van der Waals surface area contributed by atoms with Gasteiger partial charge in [0, 0.05) is 6.54 Å². The molecule has 0 aliphatic carbocycles. The van der Waals surface area contributed by atoms with E-state index >= 15 is 0 Å². The van der Waals surface area contributed by atoms with Crippen LogP contribution in [0.25, 0.3) is 0 Å². The summed E-state index contributed by atoms with van der Waals surface area (Å²) in [5, 5.41) is 13.3. The fourth-order valence-electron chi connectivity index (χ4n) is 1.31. The predicted molar refractivity (Wildman–Crippen MR) is 68.5 cm³/mol. The number of imide groups is 1. The van der Waals surface area contributed by atoms with Crippen LogP contribution < -0.4 is 15.4 Å². The molecule has 0 saturated carbocycles. The molecule has 0 fully saturated rings. The second-order valence-corrected chi connectivity index (χ2v) is 3.75. The van der Waals surface area contributed by atoms with Crippen molar-refractivity contribution in [1.82, 2.24) is 10.6 Å². The van der Waals surface area contributed by atoms with Crippen LogP contribution in [0.15, 0.2) is 24.3 Å². The number of nitriles is 1. The Bertz CT molecular complexity index is 508. The second kappa shape index (κ2) is 7.01. The number of benzene rings is 1. The van der Waals surface area contributed by atoms with Crippen LogP contribution >= 0.6 is 0 Å². The summed E-state index contributed by atoms with van der Waals surface area (Å²) in [5.74, 6) is -0.147. The lowest BCUT2D eigenvalue weighted by atomic mass is 10.2. The van der Waals surface area contributed by atoms with Gasteiger partial charge < -0.3 is 10.1 Å². The largest absolute Gasteiger partial charge is 0.481 e. The molecule has 100 valence electrons. The smallest absolute Gasteiger partial charge is 0.321 e. The Morgan fingerprint density at radius 2 is 2.21 bits per heavy atom. The molecule has 0 saturated heterocycles. The number of urea groups is 1. The van der Waals surface area contributed by atoms with Gasteiger partial charge in [0.2, 0.25) is 0 Å². The minimum atomic E-state index is -0.837. The first-order valence-corrected chi connectivity index (χ1v) is 5.82. The molecule has 2 N–H and O–H groups in total. The maximum absolute atomic E-state index is 11.6. The highest BCUT2D eigenvalue weighted by atomic mass is 16.5. The van der Waals surface area contributed by atoms with Crippen LogP contribution in [0.2, 0.25) is 0 Å². The Hall–Kier alpha value is -2.55. The number of hydrogen-bond acceptors (Lipinski definition) is 4. The van der Waals surface area contributed by atoms with Gasteiger partial charge in [-0.3, -0.25) is 10.1 Å². The summed E-state index contributed by atoms with van der Waals surface area (Å²) in [5.41, 5.74) is 0.439. The van der Waals surface area contributed by atoms with Crippen LogP contribution in [0.1, 0.15) is 19.4 Å². The molecule has 0 aliphatic heterocycles. The highest BCUT2D eigenvalue weighted by Gasteiger charge is 2.17. The van der Waals surface area contributed by atoms with E-state index in [1.807, 2.05) is 6.07 Å². The molecule has 19 heavy (non-hydrogen) atoms. The number of rotatable bonds is 4. The average Bonchev–Trinajstić information content (AvgIpc) is 2.39. The molecule has 1 atom stereocenters. The molecular formula is C13H15N3O3. The minimum absolute atomic E-state index is 0.401. The zero-order valence-corrected chi connectivity index (χ0v) is 10.8. The Morgan fingerprint density at radius 1 is 1.47 bits per heavy atom. The van der Waals surface area contributed by atoms with Crippen LogP contribution in [0.5, 0.6) is 5.75 Å². The number of nitrogens with one attached hydrogen (secondary N) is 2. The third-order valence-corrected chi connectivity index (χ3v) is 2.22. The molecule has 0 heterocycles. The fraction of sp³-hybridized carbons (Fsp3) is 0.308. The SMILES string of the molecule is CCNC(=O)NC(=O)C(C)Oc1cccc(C#N)c1. The molecule has 1 unspecified atom stereocenters. The summed E-state index contributed by atoms with van der Waals surface area (Å²) < 4.78 is 5.35. The van der Waals surface area contributed by atoms with Crippen molar-refractivity contribution in [3.8, 4) is 11.8 Å². The topological polar surface area (TPSA) is 91.2 Å². The number of nitrogens with zero attached hydrogens (tertiary/aromatic N) is 1. The van der Waals surface area contributed by atoms with Crippen molar-refractivity contribution in [2.45, 2.75) is 20.0 Å². The van der Waals surface area contributed by atoms with E-state index in [1.165, 1.54) is 13.0 Å². The zero-order valence-electron chi connectivity index (χ0n) is 10.8. The van der Waals surface area contributed by atoms with Gasteiger partial charge in [0.25, 0.3) is 5.91 Å². The molecule has 0 bridgehead atoms. The van der Waals surface area contributed by atoms with E-state index in [9.17, 15) is 9.59 Å². The molecule has 0 radical (unpaired) electrons. The number of carbonyl (C=O) groups is 2. The summed E-state index contributed by atoms with van der Waals surface area (Å²) in [4.78, 5) is 22.8. The number of ether oxygens (including phenoxy) is 1. The Balaban J connectivity index is 2.58. The first-order chi connectivity index (χ1) is 9.06. The van der Waals surface area contributed by atoms with Crippen molar-refractivity contribution in [1.29, 1.82) is 5.26 Å². The van der Waals surface area contributed by atoms with Gasteiger partial charge in [-0.05, 0) is 32.0 Å². The Morgan fingerprint density at radius 3 is 2.84 bits per heavy atom. The Labute approximate surface area is 111 Å². The van der Waals surface area contributed by atoms with E-state index in [2.05, 4.69) is 10.6 Å². The number of hydrogen-bond donors (Lipinski definition) is 2. The van der Waals surface area contributed by atoms with Crippen molar-refractivity contribution in [2.24, 2.45) is 0 Å². The van der Waals surface area contributed by atoms with Crippen molar-refractivity contribution >= 4 is 11.9 Å². The molecular weight excluding hydrogens is 246 g/mol. The van der Waals surface area contributed by atoms with Crippen LogP contribution in [0.3, 0.4) is 0 Å². The van der Waals surface area contributed by atoms with Gasteiger partial charge in [0.15, 0.2) is 6.10 Å². The predicted octanol–water partition coefficient (Wildman–Crippen LogP) is 1.17. The highest BCUT2D eigenvalue weighted by Crippen LogP contribution is 2.14. The van der Waals surface area contributed by atoms with Crippen LogP contribution in [0.4, 0.5) is 4.79 Å². The van der Waals surface area contributed by atoms with E-state index in [-0.39, 0.29) is 0 Å². The standard InChI is InChI=1S/C13H15N3O3/c1-3-15-13(18)16-12(17)9(2)19-11-6-4-5-10(7-11)8-14/h4-7,9H,3H2,1-2H3,(H2,15,16,17,18). The van der Waals surface area contributed by atoms with E-state index in [1.54, 1.807) is 25.1 Å². The maximum Gasteiger partial charge on any atom is 0.321 e. The molecule has 0 spiro atoms. The van der Waals surface area contributed by atoms with E-state index in [0.717, 1.165) is 0 Å². The van der Waals surface area contributed by atoms with Crippen LogP contribution in [-0.4, -0.2) is 24.6 Å². The summed E-state index contributed by atoms with van der Waals surface area (Å²) >= 11 is 0. The first kappa shape index (κ1) is 14.5. The number of carbonyl (C=O) groups excluding carboxylic acids is 2. The molecule has 1 rings (SSSR count). The third-order valence-electron chi connectivity index (χ3n) is 2.22. The lowest BCUT2D eigenvalue weighted by Crippen LogP contribution is -2.45.